The minimum atomic E-state index is -1.19. The molecule has 6 heteroatoms. The number of carbonyl (C=O) groups excluding carboxylic acids is 3. The molecule has 1 N–H and O–H groups in total. The highest BCUT2D eigenvalue weighted by molar-refractivity contribution is 6.01. The van der Waals surface area contributed by atoms with E-state index >= 15 is 0 Å². The van der Waals surface area contributed by atoms with Crippen LogP contribution in [0.3, 0.4) is 0 Å². The highest BCUT2D eigenvalue weighted by Gasteiger charge is 2.46. The van der Waals surface area contributed by atoms with Gasteiger partial charge >= 0.3 is 11.9 Å². The Labute approximate surface area is 163 Å². The van der Waals surface area contributed by atoms with Crippen molar-refractivity contribution in [2.75, 3.05) is 6.61 Å². The molecule has 0 fully saturated rings. The topological polar surface area (TPSA) is 81.7 Å². The number of rotatable bonds is 5. The molecule has 0 bridgehead atoms. The summed E-state index contributed by atoms with van der Waals surface area (Å²) in [5.74, 6) is -1.28. The molecule has 0 saturated heterocycles. The summed E-state index contributed by atoms with van der Waals surface area (Å²) in [5, 5.41) is 2.88. The molecule has 0 atom stereocenters. The van der Waals surface area contributed by atoms with Crippen molar-refractivity contribution >= 4 is 17.8 Å². The number of nitrogens with one attached hydrogen (secondary N) is 1. The molecule has 0 heterocycles. The Hall–Kier alpha value is -3.15. The maximum Gasteiger partial charge on any atom is 0.332 e. The number of para-hydroxylation sites is 1. The predicted octanol–water partition coefficient (Wildman–Crippen LogP) is 2.75. The van der Waals surface area contributed by atoms with Gasteiger partial charge in [0.2, 0.25) is 0 Å². The van der Waals surface area contributed by atoms with Crippen molar-refractivity contribution in [2.24, 2.45) is 0 Å². The van der Waals surface area contributed by atoms with Crippen molar-refractivity contribution in [3.63, 3.8) is 0 Å². The standard InChI is InChI=1S/C22H23NO5/c1-4-27-21(26)22(12-16-9-5-6-10-17(16)13-22)23-20(25)18-11-7-8-14(2)19(18)28-15(3)24/h5-11H,4,12-13H2,1-3H3,(H,23,25). The molecule has 0 unspecified atom stereocenters. The molecule has 28 heavy (non-hydrogen) atoms. The van der Waals surface area contributed by atoms with E-state index in [4.69, 9.17) is 9.47 Å². The molecule has 2 aromatic carbocycles. The minimum Gasteiger partial charge on any atom is -0.464 e. The Morgan fingerprint density at radius 1 is 1.04 bits per heavy atom. The Bertz CT molecular complexity index is 909. The van der Waals surface area contributed by atoms with Gasteiger partial charge in [0, 0.05) is 19.8 Å². The SMILES string of the molecule is CCOC(=O)C1(NC(=O)c2cccc(C)c2OC(C)=O)Cc2ccccc2C1. The van der Waals surface area contributed by atoms with Crippen LogP contribution in [0, 0.1) is 6.92 Å². The quantitative estimate of drug-likeness (QED) is 0.636. The molecule has 1 aliphatic carbocycles. The van der Waals surface area contributed by atoms with Crippen LogP contribution >= 0.6 is 0 Å². The van der Waals surface area contributed by atoms with Gasteiger partial charge in [0.25, 0.3) is 5.91 Å². The van der Waals surface area contributed by atoms with Gasteiger partial charge in [0.1, 0.15) is 11.3 Å². The molecule has 146 valence electrons. The Morgan fingerprint density at radius 2 is 1.68 bits per heavy atom. The van der Waals surface area contributed by atoms with Crippen LogP contribution in [0.1, 0.15) is 40.9 Å². The Morgan fingerprint density at radius 3 is 2.25 bits per heavy atom. The smallest absolute Gasteiger partial charge is 0.332 e. The first-order valence-corrected chi connectivity index (χ1v) is 9.21. The molecule has 0 aromatic heterocycles. The monoisotopic (exact) mass is 381 g/mol. The van der Waals surface area contributed by atoms with Gasteiger partial charge in [-0.25, -0.2) is 4.79 Å². The molecule has 0 saturated carbocycles. The normalized spacial score (nSPS) is 14.1. The van der Waals surface area contributed by atoms with Crippen LogP contribution in [0.4, 0.5) is 0 Å². The van der Waals surface area contributed by atoms with Crippen molar-refractivity contribution in [1.82, 2.24) is 5.32 Å². The van der Waals surface area contributed by atoms with E-state index in [1.807, 2.05) is 24.3 Å². The van der Waals surface area contributed by atoms with Gasteiger partial charge in [-0.15, -0.1) is 0 Å². The number of benzene rings is 2. The maximum atomic E-state index is 13.1. The number of hydrogen-bond donors (Lipinski definition) is 1. The van der Waals surface area contributed by atoms with Gasteiger partial charge < -0.3 is 14.8 Å². The number of ether oxygens (including phenoxy) is 2. The number of amides is 1. The van der Waals surface area contributed by atoms with E-state index in [1.54, 1.807) is 32.0 Å². The average molecular weight is 381 g/mol. The van der Waals surface area contributed by atoms with Gasteiger partial charge in [-0.1, -0.05) is 36.4 Å². The Balaban J connectivity index is 1.95. The zero-order valence-electron chi connectivity index (χ0n) is 16.2. The summed E-state index contributed by atoms with van der Waals surface area (Å²) in [5.41, 5.74) is 1.67. The number of carbonyl (C=O) groups is 3. The summed E-state index contributed by atoms with van der Waals surface area (Å²) >= 11 is 0. The molecular weight excluding hydrogens is 358 g/mol. The number of aryl methyl sites for hydroxylation is 1. The van der Waals surface area contributed by atoms with Crippen LogP contribution in [0.2, 0.25) is 0 Å². The summed E-state index contributed by atoms with van der Waals surface area (Å²) in [6.45, 7) is 4.98. The van der Waals surface area contributed by atoms with E-state index in [0.717, 1.165) is 11.1 Å². The third-order valence-electron chi connectivity index (χ3n) is 4.82. The van der Waals surface area contributed by atoms with Crippen molar-refractivity contribution in [3.05, 3.63) is 64.7 Å². The van der Waals surface area contributed by atoms with Crippen LogP contribution < -0.4 is 10.1 Å². The molecule has 3 rings (SSSR count). The maximum absolute atomic E-state index is 13.1. The first-order valence-electron chi connectivity index (χ1n) is 9.21. The van der Waals surface area contributed by atoms with Gasteiger partial charge in [0.15, 0.2) is 0 Å². The predicted molar refractivity (Wildman–Crippen MR) is 103 cm³/mol. The lowest BCUT2D eigenvalue weighted by Gasteiger charge is -2.28. The second-order valence-corrected chi connectivity index (χ2v) is 6.92. The molecule has 0 spiro atoms. The fraction of sp³-hybridized carbons (Fsp3) is 0.318. The van der Waals surface area contributed by atoms with Crippen LogP contribution in [-0.4, -0.2) is 30.0 Å². The average Bonchev–Trinajstić information content (AvgIpc) is 3.02. The lowest BCUT2D eigenvalue weighted by Crippen LogP contribution is -2.56. The van der Waals surface area contributed by atoms with Crippen LogP contribution in [0.15, 0.2) is 42.5 Å². The summed E-state index contributed by atoms with van der Waals surface area (Å²) in [6.07, 6.45) is 0.699. The van der Waals surface area contributed by atoms with Gasteiger partial charge in [-0.2, -0.15) is 0 Å². The van der Waals surface area contributed by atoms with E-state index in [2.05, 4.69) is 5.32 Å². The summed E-state index contributed by atoms with van der Waals surface area (Å²) < 4.78 is 10.5. The van der Waals surface area contributed by atoms with Crippen LogP contribution in [0.5, 0.6) is 5.75 Å². The van der Waals surface area contributed by atoms with Gasteiger partial charge in [0.05, 0.1) is 12.2 Å². The van der Waals surface area contributed by atoms with Gasteiger partial charge in [-0.3, -0.25) is 9.59 Å². The van der Waals surface area contributed by atoms with Gasteiger partial charge in [-0.05, 0) is 36.6 Å². The van der Waals surface area contributed by atoms with E-state index in [-0.39, 0.29) is 17.9 Å². The zero-order chi connectivity index (χ0) is 20.3. The summed E-state index contributed by atoms with van der Waals surface area (Å²) in [4.78, 5) is 37.4. The molecule has 1 aliphatic rings. The van der Waals surface area contributed by atoms with Crippen molar-refractivity contribution in [2.45, 2.75) is 39.2 Å². The van der Waals surface area contributed by atoms with E-state index in [1.165, 1.54) is 6.92 Å². The van der Waals surface area contributed by atoms with Crippen molar-refractivity contribution < 1.29 is 23.9 Å². The second-order valence-electron chi connectivity index (χ2n) is 6.92. The minimum absolute atomic E-state index is 0.196. The number of hydrogen-bond acceptors (Lipinski definition) is 5. The molecule has 1 amide bonds. The lowest BCUT2D eigenvalue weighted by molar-refractivity contribution is -0.150. The third-order valence-corrected chi connectivity index (χ3v) is 4.82. The zero-order valence-corrected chi connectivity index (χ0v) is 16.2. The largest absolute Gasteiger partial charge is 0.464 e. The molecule has 0 aliphatic heterocycles. The highest BCUT2D eigenvalue weighted by atomic mass is 16.5. The second kappa shape index (κ2) is 7.84. The van der Waals surface area contributed by atoms with Crippen molar-refractivity contribution in [1.29, 1.82) is 0 Å². The molecule has 6 nitrogen and oxygen atoms in total. The highest BCUT2D eigenvalue weighted by Crippen LogP contribution is 2.32. The van der Waals surface area contributed by atoms with Crippen LogP contribution in [-0.2, 0) is 27.2 Å². The number of fused-ring (bicyclic) bond motifs is 1. The lowest BCUT2D eigenvalue weighted by atomic mass is 9.94. The first-order chi connectivity index (χ1) is 13.4. The number of esters is 2. The van der Waals surface area contributed by atoms with E-state index in [9.17, 15) is 14.4 Å². The first kappa shape index (κ1) is 19.6. The molecule has 2 aromatic rings. The fourth-order valence-corrected chi connectivity index (χ4v) is 3.56. The molecular formula is C22H23NO5. The van der Waals surface area contributed by atoms with E-state index < -0.39 is 23.4 Å². The molecule has 0 radical (unpaired) electrons. The summed E-state index contributed by atoms with van der Waals surface area (Å²) in [7, 11) is 0. The van der Waals surface area contributed by atoms with Crippen LogP contribution in [0.25, 0.3) is 0 Å². The fourth-order valence-electron chi connectivity index (χ4n) is 3.56. The summed E-state index contributed by atoms with van der Waals surface area (Å²) in [6, 6.07) is 12.7. The third kappa shape index (κ3) is 3.76. The Kier molecular flexibility index (Phi) is 5.49. The van der Waals surface area contributed by atoms with E-state index in [0.29, 0.717) is 18.4 Å². The van der Waals surface area contributed by atoms with Crippen molar-refractivity contribution in [3.8, 4) is 5.75 Å².